The van der Waals surface area contributed by atoms with Gasteiger partial charge >= 0.3 is 0 Å². The molecule has 0 bridgehead atoms. The monoisotopic (exact) mass is 324 g/mol. The van der Waals surface area contributed by atoms with Crippen molar-refractivity contribution in [2.24, 2.45) is 0 Å². The minimum atomic E-state index is -0.204. The van der Waals surface area contributed by atoms with E-state index in [4.69, 9.17) is 21.3 Å². The number of rotatable bonds is 5. The average molecular weight is 325 g/mol. The number of anilines is 1. The molecule has 2 rings (SSSR count). The van der Waals surface area contributed by atoms with Gasteiger partial charge in [-0.1, -0.05) is 11.6 Å². The van der Waals surface area contributed by atoms with Crippen LogP contribution in [0.2, 0.25) is 5.02 Å². The van der Waals surface area contributed by atoms with Gasteiger partial charge in [-0.05, 0) is 13.8 Å². The van der Waals surface area contributed by atoms with Crippen LogP contribution in [0.1, 0.15) is 22.8 Å². The number of halogens is 1. The Labute approximate surface area is 130 Å². The van der Waals surface area contributed by atoms with Crippen molar-refractivity contribution < 1.29 is 9.21 Å². The van der Waals surface area contributed by atoms with Crippen LogP contribution < -0.4 is 10.6 Å². The number of nitriles is 1. The molecule has 0 saturated carbocycles. The third-order valence-corrected chi connectivity index (χ3v) is 4.05. The van der Waals surface area contributed by atoms with E-state index in [1.165, 1.54) is 11.3 Å². The molecule has 0 radical (unpaired) electrons. The van der Waals surface area contributed by atoms with Gasteiger partial charge in [-0.25, -0.2) is 4.98 Å². The smallest absolute Gasteiger partial charge is 0.240 e. The molecule has 0 atom stereocenters. The third kappa shape index (κ3) is 3.82. The summed E-state index contributed by atoms with van der Waals surface area (Å²) in [4.78, 5) is 15.8. The van der Waals surface area contributed by atoms with Crippen LogP contribution in [0.4, 0.5) is 5.13 Å². The maximum absolute atomic E-state index is 11.7. The van der Waals surface area contributed by atoms with Crippen LogP contribution in [0.15, 0.2) is 9.80 Å². The van der Waals surface area contributed by atoms with E-state index in [2.05, 4.69) is 15.6 Å². The quantitative estimate of drug-likeness (QED) is 0.882. The first-order valence-electron chi connectivity index (χ1n) is 6.11. The summed E-state index contributed by atoms with van der Waals surface area (Å²) in [5.41, 5.74) is 1.48. The number of aromatic nitrogens is 1. The lowest BCUT2D eigenvalue weighted by molar-refractivity contribution is -0.115. The first kappa shape index (κ1) is 15.5. The molecule has 0 fully saturated rings. The number of thiazole rings is 1. The van der Waals surface area contributed by atoms with Crippen molar-refractivity contribution in [1.29, 1.82) is 5.26 Å². The number of nitrogens with one attached hydrogen (secondary N) is 2. The molecule has 2 heterocycles. The van der Waals surface area contributed by atoms with E-state index >= 15 is 0 Å². The van der Waals surface area contributed by atoms with E-state index < -0.39 is 0 Å². The summed E-state index contributed by atoms with van der Waals surface area (Å²) in [5, 5.41) is 17.3. The van der Waals surface area contributed by atoms with Gasteiger partial charge in [-0.3, -0.25) is 4.79 Å². The summed E-state index contributed by atoms with van der Waals surface area (Å²) in [5.74, 6) is 0.437. The zero-order valence-corrected chi connectivity index (χ0v) is 13.1. The number of furan rings is 1. The van der Waals surface area contributed by atoms with Crippen LogP contribution in [0.5, 0.6) is 0 Å². The molecule has 21 heavy (non-hydrogen) atoms. The van der Waals surface area contributed by atoms with Crippen LogP contribution in [0.25, 0.3) is 0 Å². The van der Waals surface area contributed by atoms with Gasteiger partial charge in [0.05, 0.1) is 23.8 Å². The van der Waals surface area contributed by atoms with Crippen molar-refractivity contribution in [2.75, 3.05) is 11.9 Å². The molecule has 0 aromatic carbocycles. The molecule has 1 amide bonds. The molecule has 0 aliphatic heterocycles. The molecule has 2 aromatic rings. The van der Waals surface area contributed by atoms with Gasteiger partial charge in [0.25, 0.3) is 0 Å². The van der Waals surface area contributed by atoms with Crippen LogP contribution in [0, 0.1) is 25.2 Å². The highest BCUT2D eigenvalue weighted by Crippen LogP contribution is 2.26. The molecule has 0 unspecified atom stereocenters. The van der Waals surface area contributed by atoms with E-state index in [0.29, 0.717) is 21.5 Å². The fourth-order valence-corrected chi connectivity index (χ4v) is 2.53. The molecule has 0 saturated heterocycles. The van der Waals surface area contributed by atoms with Crippen molar-refractivity contribution in [3.63, 3.8) is 0 Å². The zero-order chi connectivity index (χ0) is 15.4. The average Bonchev–Trinajstić information content (AvgIpc) is 2.96. The zero-order valence-electron chi connectivity index (χ0n) is 11.5. The standard InChI is InChI=1S/C13H13ClN4O2S/c1-7-6-21-13(17-7)18-11(19)5-16-4-10-12(14)8(2)9(3-15)20-10/h6,16H,4-5H2,1-2H3,(H,17,18,19). The van der Waals surface area contributed by atoms with Gasteiger partial charge in [0.2, 0.25) is 11.7 Å². The number of carbonyl (C=O) groups is 1. The molecule has 0 aliphatic carbocycles. The Bertz CT molecular complexity index is 702. The first-order valence-corrected chi connectivity index (χ1v) is 7.37. The predicted molar refractivity (Wildman–Crippen MR) is 80.4 cm³/mol. The Hall–Kier alpha value is -1.88. The van der Waals surface area contributed by atoms with Gasteiger partial charge in [0.1, 0.15) is 11.8 Å². The van der Waals surface area contributed by atoms with Gasteiger partial charge in [0.15, 0.2) is 5.13 Å². The molecular formula is C13H13ClN4O2S. The van der Waals surface area contributed by atoms with Crippen LogP contribution in [0.3, 0.4) is 0 Å². The maximum atomic E-state index is 11.7. The molecule has 2 N–H and O–H groups in total. The highest BCUT2D eigenvalue weighted by atomic mass is 35.5. The Kier molecular flexibility index (Phi) is 4.96. The van der Waals surface area contributed by atoms with Gasteiger partial charge in [0, 0.05) is 10.9 Å². The van der Waals surface area contributed by atoms with Crippen LogP contribution in [-0.2, 0) is 11.3 Å². The summed E-state index contributed by atoms with van der Waals surface area (Å²) in [6, 6.07) is 1.93. The van der Waals surface area contributed by atoms with Crippen molar-refractivity contribution in [2.45, 2.75) is 20.4 Å². The highest BCUT2D eigenvalue weighted by molar-refractivity contribution is 7.13. The molecule has 8 heteroatoms. The Morgan fingerprint density at radius 2 is 2.33 bits per heavy atom. The molecule has 2 aromatic heterocycles. The fourth-order valence-electron chi connectivity index (χ4n) is 1.64. The Morgan fingerprint density at radius 3 is 2.90 bits per heavy atom. The fraction of sp³-hybridized carbons (Fsp3) is 0.308. The lowest BCUT2D eigenvalue weighted by Gasteiger charge is -2.03. The number of amides is 1. The van der Waals surface area contributed by atoms with E-state index in [-0.39, 0.29) is 24.8 Å². The Balaban J connectivity index is 1.84. The normalized spacial score (nSPS) is 10.4. The largest absolute Gasteiger partial charge is 0.447 e. The first-order chi connectivity index (χ1) is 10.0. The lowest BCUT2D eigenvalue weighted by atomic mass is 10.3. The third-order valence-electron chi connectivity index (χ3n) is 2.68. The molecule has 0 aliphatic rings. The second-order valence-electron chi connectivity index (χ2n) is 4.35. The van der Waals surface area contributed by atoms with E-state index in [1.807, 2.05) is 18.4 Å². The number of hydrogen-bond donors (Lipinski definition) is 2. The molecule has 110 valence electrons. The summed E-state index contributed by atoms with van der Waals surface area (Å²) >= 11 is 7.42. The Morgan fingerprint density at radius 1 is 1.57 bits per heavy atom. The van der Waals surface area contributed by atoms with Crippen LogP contribution in [-0.4, -0.2) is 17.4 Å². The van der Waals surface area contributed by atoms with E-state index in [0.717, 1.165) is 5.69 Å². The second-order valence-corrected chi connectivity index (χ2v) is 5.59. The topological polar surface area (TPSA) is 91.0 Å². The predicted octanol–water partition coefficient (Wildman–Crippen LogP) is 2.61. The van der Waals surface area contributed by atoms with Crippen LogP contribution >= 0.6 is 22.9 Å². The molecular weight excluding hydrogens is 312 g/mol. The number of aryl methyl sites for hydroxylation is 1. The van der Waals surface area contributed by atoms with Gasteiger partial charge < -0.3 is 15.1 Å². The summed E-state index contributed by atoms with van der Waals surface area (Å²) < 4.78 is 5.30. The van der Waals surface area contributed by atoms with Crippen molar-refractivity contribution in [3.05, 3.63) is 33.2 Å². The SMILES string of the molecule is Cc1csc(NC(=O)CNCc2oc(C#N)c(C)c2Cl)n1. The maximum Gasteiger partial charge on any atom is 0.240 e. The lowest BCUT2D eigenvalue weighted by Crippen LogP contribution is -2.27. The minimum Gasteiger partial charge on any atom is -0.447 e. The minimum absolute atomic E-state index is 0.0938. The van der Waals surface area contributed by atoms with Crippen molar-refractivity contribution in [1.82, 2.24) is 10.3 Å². The molecule has 0 spiro atoms. The summed E-state index contributed by atoms with van der Waals surface area (Å²) in [6.07, 6.45) is 0. The van der Waals surface area contributed by atoms with Crippen molar-refractivity contribution >= 4 is 34.0 Å². The number of carbonyl (C=O) groups excluding carboxylic acids is 1. The van der Waals surface area contributed by atoms with Crippen molar-refractivity contribution in [3.8, 4) is 6.07 Å². The number of hydrogen-bond acceptors (Lipinski definition) is 6. The number of nitrogens with zero attached hydrogens (tertiary/aromatic N) is 2. The summed E-state index contributed by atoms with van der Waals surface area (Å²) in [7, 11) is 0. The highest BCUT2D eigenvalue weighted by Gasteiger charge is 2.15. The van der Waals surface area contributed by atoms with Gasteiger partial charge in [-0.2, -0.15) is 5.26 Å². The summed E-state index contributed by atoms with van der Waals surface area (Å²) in [6.45, 7) is 3.94. The van der Waals surface area contributed by atoms with Gasteiger partial charge in [-0.15, -0.1) is 11.3 Å². The molecule has 6 nitrogen and oxygen atoms in total. The van der Waals surface area contributed by atoms with E-state index in [1.54, 1.807) is 6.92 Å². The second kappa shape index (κ2) is 6.72. The van der Waals surface area contributed by atoms with E-state index in [9.17, 15) is 4.79 Å².